The van der Waals surface area contributed by atoms with Crippen LogP contribution in [0, 0.1) is 0 Å². The molecule has 1 aromatic heterocycles. The summed E-state index contributed by atoms with van der Waals surface area (Å²) in [5.41, 5.74) is 1.28. The number of carbonyl (C=O) groups is 1. The number of nitrogens with zero attached hydrogens (tertiary/aromatic N) is 2. The van der Waals surface area contributed by atoms with Crippen molar-refractivity contribution in [2.24, 2.45) is 0 Å². The van der Waals surface area contributed by atoms with E-state index in [2.05, 4.69) is 15.5 Å². The summed E-state index contributed by atoms with van der Waals surface area (Å²) in [7, 11) is -3.68. The Balaban J connectivity index is 1.53. The van der Waals surface area contributed by atoms with Crippen molar-refractivity contribution in [2.75, 3.05) is 69.4 Å². The van der Waals surface area contributed by atoms with E-state index in [1.807, 2.05) is 24.4 Å². The third-order valence-corrected chi connectivity index (χ3v) is 8.69. The van der Waals surface area contributed by atoms with Crippen molar-refractivity contribution in [2.45, 2.75) is 17.9 Å². The van der Waals surface area contributed by atoms with Crippen molar-refractivity contribution < 1.29 is 22.7 Å². The SMILES string of the molecule is C[C@H](NCC(=O)Nc1cc(S(=O)(=O)N2CCOCC2)ccc1N1CCOCC1)c1cccs1. The Morgan fingerprint density at radius 2 is 1.79 bits per heavy atom. The fourth-order valence-electron chi connectivity index (χ4n) is 3.87. The summed E-state index contributed by atoms with van der Waals surface area (Å²) < 4.78 is 38.5. The van der Waals surface area contributed by atoms with Gasteiger partial charge in [-0.15, -0.1) is 11.3 Å². The summed E-state index contributed by atoms with van der Waals surface area (Å²) in [5, 5.41) is 8.16. The van der Waals surface area contributed by atoms with Crippen LogP contribution in [0.3, 0.4) is 0 Å². The summed E-state index contributed by atoms with van der Waals surface area (Å²) in [6.07, 6.45) is 0. The molecule has 0 bridgehead atoms. The number of hydrogen-bond acceptors (Lipinski definition) is 8. The second-order valence-electron chi connectivity index (χ2n) is 7.96. The van der Waals surface area contributed by atoms with E-state index >= 15 is 0 Å². The van der Waals surface area contributed by atoms with Gasteiger partial charge in [0.25, 0.3) is 0 Å². The van der Waals surface area contributed by atoms with E-state index in [9.17, 15) is 13.2 Å². The number of thiophene rings is 1. The Morgan fingerprint density at radius 3 is 2.45 bits per heavy atom. The summed E-state index contributed by atoms with van der Waals surface area (Å²) >= 11 is 1.63. The van der Waals surface area contributed by atoms with Crippen LogP contribution in [0.25, 0.3) is 0 Å². The molecule has 2 fully saturated rings. The molecule has 0 aliphatic carbocycles. The number of sulfonamides is 1. The number of benzene rings is 1. The van der Waals surface area contributed by atoms with E-state index in [-0.39, 0.29) is 23.4 Å². The molecule has 0 spiro atoms. The predicted molar refractivity (Wildman–Crippen MR) is 128 cm³/mol. The first kappa shape index (κ1) is 24.1. The lowest BCUT2D eigenvalue weighted by Crippen LogP contribution is -2.40. The number of carbonyl (C=O) groups excluding carboxylic acids is 1. The Hall–Kier alpha value is -2.02. The second-order valence-corrected chi connectivity index (χ2v) is 10.9. The smallest absolute Gasteiger partial charge is 0.243 e. The topological polar surface area (TPSA) is 100 Å². The maximum atomic E-state index is 13.2. The first-order valence-electron chi connectivity index (χ1n) is 11.1. The first-order valence-corrected chi connectivity index (χ1v) is 13.4. The molecule has 2 N–H and O–H groups in total. The van der Waals surface area contributed by atoms with Crippen molar-refractivity contribution in [1.29, 1.82) is 0 Å². The van der Waals surface area contributed by atoms with E-state index in [1.54, 1.807) is 29.5 Å². The number of morpholine rings is 2. The van der Waals surface area contributed by atoms with Crippen molar-refractivity contribution in [3.63, 3.8) is 0 Å². The number of hydrogen-bond donors (Lipinski definition) is 2. The molecule has 180 valence electrons. The maximum Gasteiger partial charge on any atom is 0.243 e. The van der Waals surface area contributed by atoms with Crippen LogP contribution >= 0.6 is 11.3 Å². The average Bonchev–Trinajstić information content (AvgIpc) is 3.39. The molecule has 2 aromatic rings. The standard InChI is InChI=1S/C22H30N4O5S2/c1-17(21-3-2-14-32-21)23-16-22(27)24-19-15-18(33(28,29)26-8-12-31-13-9-26)4-5-20(19)25-6-10-30-11-7-25/h2-5,14-15,17,23H,6-13,16H2,1H3,(H,24,27)/t17-/m0/s1. The zero-order chi connectivity index (χ0) is 23.3. The number of rotatable bonds is 8. The van der Waals surface area contributed by atoms with Gasteiger partial charge in [-0.2, -0.15) is 4.31 Å². The molecule has 9 nitrogen and oxygen atoms in total. The lowest BCUT2D eigenvalue weighted by Gasteiger charge is -2.31. The molecule has 0 unspecified atom stereocenters. The highest BCUT2D eigenvalue weighted by atomic mass is 32.2. The molecular formula is C22H30N4O5S2. The zero-order valence-electron chi connectivity index (χ0n) is 18.7. The Kier molecular flexibility index (Phi) is 7.99. The Morgan fingerprint density at radius 1 is 1.09 bits per heavy atom. The lowest BCUT2D eigenvalue weighted by atomic mass is 10.2. The quantitative estimate of drug-likeness (QED) is 0.578. The normalized spacial score (nSPS) is 18.8. The molecule has 4 rings (SSSR count). The van der Waals surface area contributed by atoms with E-state index in [0.29, 0.717) is 58.3 Å². The summed E-state index contributed by atoms with van der Waals surface area (Å²) in [6.45, 7) is 6.03. The molecule has 1 atom stereocenters. The van der Waals surface area contributed by atoms with Crippen LogP contribution in [0.2, 0.25) is 0 Å². The highest BCUT2D eigenvalue weighted by molar-refractivity contribution is 7.89. The van der Waals surface area contributed by atoms with Crippen molar-refractivity contribution in [1.82, 2.24) is 9.62 Å². The molecule has 1 aromatic carbocycles. The molecule has 33 heavy (non-hydrogen) atoms. The van der Waals surface area contributed by atoms with E-state index in [4.69, 9.17) is 9.47 Å². The maximum absolute atomic E-state index is 13.2. The molecule has 3 heterocycles. The Labute approximate surface area is 198 Å². The summed E-state index contributed by atoms with van der Waals surface area (Å²) in [6, 6.07) is 9.00. The minimum atomic E-state index is -3.68. The fraction of sp³-hybridized carbons (Fsp3) is 0.500. The minimum Gasteiger partial charge on any atom is -0.379 e. The van der Waals surface area contributed by atoms with Crippen LogP contribution in [0.1, 0.15) is 17.8 Å². The average molecular weight is 495 g/mol. The van der Waals surface area contributed by atoms with Crippen LogP contribution in [0.4, 0.5) is 11.4 Å². The monoisotopic (exact) mass is 494 g/mol. The highest BCUT2D eigenvalue weighted by Crippen LogP contribution is 2.31. The summed E-state index contributed by atoms with van der Waals surface area (Å²) in [5.74, 6) is -0.228. The van der Waals surface area contributed by atoms with E-state index < -0.39 is 10.0 Å². The van der Waals surface area contributed by atoms with Gasteiger partial charge in [-0.3, -0.25) is 4.79 Å². The molecule has 2 saturated heterocycles. The van der Waals surface area contributed by atoms with Crippen molar-refractivity contribution in [3.05, 3.63) is 40.6 Å². The van der Waals surface area contributed by atoms with Gasteiger partial charge in [0.15, 0.2) is 0 Å². The largest absolute Gasteiger partial charge is 0.379 e. The van der Waals surface area contributed by atoms with Crippen LogP contribution in [0.15, 0.2) is 40.6 Å². The van der Waals surface area contributed by atoms with Crippen molar-refractivity contribution in [3.8, 4) is 0 Å². The number of nitrogens with one attached hydrogen (secondary N) is 2. The van der Waals surface area contributed by atoms with Crippen LogP contribution < -0.4 is 15.5 Å². The number of ether oxygens (including phenoxy) is 2. The van der Waals surface area contributed by atoms with Gasteiger partial charge in [-0.05, 0) is 36.6 Å². The highest BCUT2D eigenvalue weighted by Gasteiger charge is 2.28. The second kappa shape index (κ2) is 10.9. The predicted octanol–water partition coefficient (Wildman–Crippen LogP) is 1.89. The fourth-order valence-corrected chi connectivity index (χ4v) is 6.06. The van der Waals surface area contributed by atoms with Crippen LogP contribution in [0.5, 0.6) is 0 Å². The van der Waals surface area contributed by atoms with Gasteiger partial charge >= 0.3 is 0 Å². The van der Waals surface area contributed by atoms with Gasteiger partial charge in [-0.25, -0.2) is 8.42 Å². The molecule has 11 heteroatoms. The molecule has 1 amide bonds. The van der Waals surface area contributed by atoms with Gasteiger partial charge in [0.1, 0.15) is 0 Å². The number of amides is 1. The molecule has 0 radical (unpaired) electrons. The van der Waals surface area contributed by atoms with Crippen molar-refractivity contribution >= 4 is 38.6 Å². The van der Waals surface area contributed by atoms with Crippen LogP contribution in [-0.2, 0) is 24.3 Å². The minimum absolute atomic E-state index is 0.0440. The number of anilines is 2. The van der Waals surface area contributed by atoms with Crippen LogP contribution in [-0.4, -0.2) is 77.8 Å². The lowest BCUT2D eigenvalue weighted by molar-refractivity contribution is -0.115. The van der Waals surface area contributed by atoms with E-state index in [1.165, 1.54) is 4.31 Å². The third kappa shape index (κ3) is 5.92. The molecular weight excluding hydrogens is 464 g/mol. The van der Waals surface area contributed by atoms with E-state index in [0.717, 1.165) is 10.6 Å². The van der Waals surface area contributed by atoms with Gasteiger partial charge in [0, 0.05) is 37.1 Å². The van der Waals surface area contributed by atoms with Gasteiger partial charge in [0.05, 0.1) is 49.2 Å². The molecule has 0 saturated carbocycles. The third-order valence-electron chi connectivity index (χ3n) is 5.74. The molecule has 2 aliphatic heterocycles. The summed E-state index contributed by atoms with van der Waals surface area (Å²) in [4.78, 5) is 16.2. The van der Waals surface area contributed by atoms with Gasteiger partial charge in [0.2, 0.25) is 15.9 Å². The van der Waals surface area contributed by atoms with Gasteiger partial charge < -0.3 is 25.0 Å². The zero-order valence-corrected chi connectivity index (χ0v) is 20.3. The first-order chi connectivity index (χ1) is 15.9. The molecule has 2 aliphatic rings. The van der Waals surface area contributed by atoms with Gasteiger partial charge in [-0.1, -0.05) is 6.07 Å². The Bertz CT molecular complexity index is 1030.